The fraction of sp³-hybridized carbons (Fsp3) is 0.118. The van der Waals surface area contributed by atoms with E-state index in [1.165, 1.54) is 7.11 Å². The molecule has 0 radical (unpaired) electrons. The smallest absolute Gasteiger partial charge is 0.277 e. The van der Waals surface area contributed by atoms with E-state index >= 15 is 0 Å². The maximum Gasteiger partial charge on any atom is 0.277 e. The minimum absolute atomic E-state index is 0.117. The van der Waals surface area contributed by atoms with Crippen molar-refractivity contribution in [1.29, 1.82) is 0 Å². The van der Waals surface area contributed by atoms with Crippen molar-refractivity contribution in [3.05, 3.63) is 52.5 Å². The quantitative estimate of drug-likeness (QED) is 0.590. The zero-order valence-electron chi connectivity index (χ0n) is 13.5. The third-order valence-electron chi connectivity index (χ3n) is 3.26. The van der Waals surface area contributed by atoms with Crippen molar-refractivity contribution in [2.24, 2.45) is 0 Å². The lowest BCUT2D eigenvalue weighted by Crippen LogP contribution is -2.14. The zero-order valence-corrected chi connectivity index (χ0v) is 15.9. The normalized spacial score (nSPS) is 10.6. The number of hydrogen-bond acceptors (Lipinski definition) is 6. The van der Waals surface area contributed by atoms with Crippen LogP contribution in [0, 0.1) is 0 Å². The fourth-order valence-corrected chi connectivity index (χ4v) is 2.99. The molecule has 0 aliphatic rings. The van der Waals surface area contributed by atoms with Crippen LogP contribution in [0.2, 0.25) is 10.0 Å². The van der Waals surface area contributed by atoms with Crippen LogP contribution in [0.15, 0.2) is 52.1 Å². The highest BCUT2D eigenvalue weighted by Crippen LogP contribution is 2.28. The second-order valence-corrected chi connectivity index (χ2v) is 6.84. The predicted molar refractivity (Wildman–Crippen MR) is 102 cm³/mol. The number of halogens is 2. The van der Waals surface area contributed by atoms with E-state index in [0.717, 1.165) is 17.3 Å². The standard InChI is InChI=1S/C17H13Cl2N3O3S/c1-24-14-7-6-12(8-13(14)19)20-15(23)9-26-17-22-21-16(25-17)10-2-4-11(18)5-3-10/h2-8H,9H2,1H3,(H,20,23). The van der Waals surface area contributed by atoms with Crippen molar-refractivity contribution in [2.75, 3.05) is 18.2 Å². The van der Waals surface area contributed by atoms with Gasteiger partial charge < -0.3 is 14.5 Å². The van der Waals surface area contributed by atoms with Crippen LogP contribution in [0.4, 0.5) is 5.69 Å². The number of hydrogen-bond donors (Lipinski definition) is 1. The first-order valence-electron chi connectivity index (χ1n) is 7.41. The minimum Gasteiger partial charge on any atom is -0.495 e. The third kappa shape index (κ3) is 4.69. The number of nitrogens with zero attached hydrogens (tertiary/aromatic N) is 2. The first-order chi connectivity index (χ1) is 12.5. The second kappa shape index (κ2) is 8.44. The van der Waals surface area contributed by atoms with Crippen LogP contribution in [0.5, 0.6) is 5.75 Å². The summed E-state index contributed by atoms with van der Waals surface area (Å²) >= 11 is 13.0. The lowest BCUT2D eigenvalue weighted by atomic mass is 10.2. The SMILES string of the molecule is COc1ccc(NC(=O)CSc2nnc(-c3ccc(Cl)cc3)o2)cc1Cl. The Morgan fingerprint density at radius 3 is 2.65 bits per heavy atom. The molecule has 2 aromatic carbocycles. The Bertz CT molecular complexity index is 916. The fourth-order valence-electron chi connectivity index (χ4n) is 2.05. The Labute approximate surface area is 163 Å². The Morgan fingerprint density at radius 1 is 1.19 bits per heavy atom. The molecule has 3 aromatic rings. The molecular formula is C17H13Cl2N3O3S. The molecule has 9 heteroatoms. The number of rotatable bonds is 6. The summed E-state index contributed by atoms with van der Waals surface area (Å²) in [5.41, 5.74) is 1.33. The van der Waals surface area contributed by atoms with Gasteiger partial charge in [0.1, 0.15) is 5.75 Å². The van der Waals surface area contributed by atoms with Gasteiger partial charge in [0, 0.05) is 16.3 Å². The van der Waals surface area contributed by atoms with E-state index in [4.69, 9.17) is 32.4 Å². The molecule has 6 nitrogen and oxygen atoms in total. The van der Waals surface area contributed by atoms with Gasteiger partial charge in [0.15, 0.2) is 0 Å². The van der Waals surface area contributed by atoms with Crippen molar-refractivity contribution in [3.8, 4) is 17.2 Å². The number of carbonyl (C=O) groups excluding carboxylic acids is 1. The van der Waals surface area contributed by atoms with Crippen LogP contribution in [-0.2, 0) is 4.79 Å². The van der Waals surface area contributed by atoms with Gasteiger partial charge in [-0.1, -0.05) is 35.0 Å². The highest BCUT2D eigenvalue weighted by atomic mass is 35.5. The summed E-state index contributed by atoms with van der Waals surface area (Å²) in [7, 11) is 1.53. The summed E-state index contributed by atoms with van der Waals surface area (Å²) < 4.78 is 10.6. The molecule has 0 bridgehead atoms. The average Bonchev–Trinajstić information content (AvgIpc) is 3.10. The number of anilines is 1. The van der Waals surface area contributed by atoms with Crippen molar-refractivity contribution in [3.63, 3.8) is 0 Å². The van der Waals surface area contributed by atoms with Gasteiger partial charge in [-0.3, -0.25) is 4.79 Å². The first kappa shape index (κ1) is 18.6. The molecule has 0 saturated carbocycles. The molecule has 0 aliphatic heterocycles. The molecule has 0 spiro atoms. The topological polar surface area (TPSA) is 77.2 Å². The highest BCUT2D eigenvalue weighted by Gasteiger charge is 2.12. The molecule has 3 rings (SSSR count). The molecule has 0 atom stereocenters. The number of methoxy groups -OCH3 is 1. The van der Waals surface area contributed by atoms with Crippen LogP contribution in [-0.4, -0.2) is 29.0 Å². The third-order valence-corrected chi connectivity index (χ3v) is 4.63. The van der Waals surface area contributed by atoms with Gasteiger partial charge in [-0.25, -0.2) is 0 Å². The van der Waals surface area contributed by atoms with E-state index in [9.17, 15) is 4.79 Å². The van der Waals surface area contributed by atoms with Gasteiger partial charge in [-0.15, -0.1) is 10.2 Å². The lowest BCUT2D eigenvalue weighted by molar-refractivity contribution is -0.113. The molecule has 1 N–H and O–H groups in total. The van der Waals surface area contributed by atoms with Crippen LogP contribution in [0.3, 0.4) is 0 Å². The highest BCUT2D eigenvalue weighted by molar-refractivity contribution is 7.99. The van der Waals surface area contributed by atoms with Gasteiger partial charge in [-0.05, 0) is 42.5 Å². The first-order valence-corrected chi connectivity index (χ1v) is 9.15. The van der Waals surface area contributed by atoms with Crippen LogP contribution >= 0.6 is 35.0 Å². The van der Waals surface area contributed by atoms with Crippen molar-refractivity contribution in [1.82, 2.24) is 10.2 Å². The average molecular weight is 410 g/mol. The van der Waals surface area contributed by atoms with Crippen molar-refractivity contribution in [2.45, 2.75) is 5.22 Å². The van der Waals surface area contributed by atoms with E-state index in [-0.39, 0.29) is 11.7 Å². The summed E-state index contributed by atoms with van der Waals surface area (Å²) in [6, 6.07) is 12.0. The van der Waals surface area contributed by atoms with E-state index in [0.29, 0.717) is 32.6 Å². The maximum absolute atomic E-state index is 12.1. The largest absolute Gasteiger partial charge is 0.495 e. The van der Waals surface area contributed by atoms with Crippen molar-refractivity contribution < 1.29 is 13.9 Å². The van der Waals surface area contributed by atoms with Crippen LogP contribution in [0.25, 0.3) is 11.5 Å². The number of amides is 1. The van der Waals surface area contributed by atoms with E-state index in [1.807, 2.05) is 0 Å². The Kier molecular flexibility index (Phi) is 6.03. The number of aromatic nitrogens is 2. The van der Waals surface area contributed by atoms with Gasteiger partial charge in [0.2, 0.25) is 11.8 Å². The van der Waals surface area contributed by atoms with E-state index < -0.39 is 0 Å². The van der Waals surface area contributed by atoms with Gasteiger partial charge in [0.05, 0.1) is 17.9 Å². The maximum atomic E-state index is 12.1. The molecular weight excluding hydrogens is 397 g/mol. The van der Waals surface area contributed by atoms with Gasteiger partial charge in [0.25, 0.3) is 5.22 Å². The molecule has 0 fully saturated rings. The number of benzene rings is 2. The molecule has 1 aromatic heterocycles. The van der Waals surface area contributed by atoms with Gasteiger partial charge >= 0.3 is 0 Å². The number of carbonyl (C=O) groups is 1. The summed E-state index contributed by atoms with van der Waals surface area (Å²) in [5.74, 6) is 0.805. The number of ether oxygens (including phenoxy) is 1. The Hall–Kier alpha value is -2.22. The van der Waals surface area contributed by atoms with E-state index in [1.54, 1.807) is 42.5 Å². The monoisotopic (exact) mass is 409 g/mol. The summed E-state index contributed by atoms with van der Waals surface area (Å²) in [5, 5.41) is 12.0. The summed E-state index contributed by atoms with van der Waals surface area (Å²) in [4.78, 5) is 12.1. The number of nitrogens with one attached hydrogen (secondary N) is 1. The Morgan fingerprint density at radius 2 is 1.96 bits per heavy atom. The second-order valence-electron chi connectivity index (χ2n) is 5.07. The zero-order chi connectivity index (χ0) is 18.5. The van der Waals surface area contributed by atoms with E-state index in [2.05, 4.69) is 15.5 Å². The molecule has 1 heterocycles. The lowest BCUT2D eigenvalue weighted by Gasteiger charge is -2.07. The molecule has 0 saturated heterocycles. The minimum atomic E-state index is -0.220. The van der Waals surface area contributed by atoms with Crippen molar-refractivity contribution >= 4 is 46.6 Å². The molecule has 134 valence electrons. The summed E-state index contributed by atoms with van der Waals surface area (Å²) in [6.45, 7) is 0. The molecule has 26 heavy (non-hydrogen) atoms. The summed E-state index contributed by atoms with van der Waals surface area (Å²) in [6.07, 6.45) is 0. The van der Waals surface area contributed by atoms with Gasteiger partial charge in [-0.2, -0.15) is 0 Å². The molecule has 1 amide bonds. The predicted octanol–water partition coefficient (Wildman–Crippen LogP) is 4.78. The molecule has 0 aliphatic carbocycles. The van der Waals surface area contributed by atoms with Crippen LogP contribution < -0.4 is 10.1 Å². The number of thioether (sulfide) groups is 1. The molecule has 0 unspecified atom stereocenters. The Balaban J connectivity index is 1.56. The van der Waals surface area contributed by atoms with Crippen LogP contribution in [0.1, 0.15) is 0 Å².